The second-order valence-corrected chi connectivity index (χ2v) is 3.91. The molecule has 0 saturated heterocycles. The summed E-state index contributed by atoms with van der Waals surface area (Å²) >= 11 is 0. The predicted molar refractivity (Wildman–Crippen MR) is 69.7 cm³/mol. The van der Waals surface area contributed by atoms with E-state index < -0.39 is 0 Å². The van der Waals surface area contributed by atoms with Gasteiger partial charge in [0.15, 0.2) is 0 Å². The van der Waals surface area contributed by atoms with Gasteiger partial charge in [0.1, 0.15) is 0 Å². The molecule has 0 aliphatic heterocycles. The lowest BCUT2D eigenvalue weighted by Gasteiger charge is -2.05. The summed E-state index contributed by atoms with van der Waals surface area (Å²) in [6, 6.07) is 12.9. The van der Waals surface area contributed by atoms with Crippen molar-refractivity contribution in [2.45, 2.75) is 13.1 Å². The SMILES string of the molecule is NCc1ccc(CNC(=O)c2ccccc2)nc1. The molecular formula is C14H15N3O. The van der Waals surface area contributed by atoms with Crippen LogP contribution in [0.25, 0.3) is 0 Å². The molecule has 0 bridgehead atoms. The van der Waals surface area contributed by atoms with E-state index in [0.717, 1.165) is 11.3 Å². The van der Waals surface area contributed by atoms with E-state index in [1.165, 1.54) is 0 Å². The van der Waals surface area contributed by atoms with Crippen molar-refractivity contribution < 1.29 is 4.79 Å². The fourth-order valence-electron chi connectivity index (χ4n) is 1.54. The summed E-state index contributed by atoms with van der Waals surface area (Å²) in [5, 5.41) is 2.82. The Kier molecular flexibility index (Phi) is 4.04. The molecule has 0 atom stereocenters. The Hall–Kier alpha value is -2.20. The highest BCUT2D eigenvalue weighted by molar-refractivity contribution is 5.94. The Morgan fingerprint density at radius 3 is 2.56 bits per heavy atom. The van der Waals surface area contributed by atoms with E-state index in [4.69, 9.17) is 5.73 Å². The van der Waals surface area contributed by atoms with Crippen molar-refractivity contribution in [1.29, 1.82) is 0 Å². The van der Waals surface area contributed by atoms with Crippen molar-refractivity contribution >= 4 is 5.91 Å². The van der Waals surface area contributed by atoms with E-state index in [0.29, 0.717) is 18.7 Å². The third-order valence-corrected chi connectivity index (χ3v) is 2.59. The van der Waals surface area contributed by atoms with Gasteiger partial charge in [0.25, 0.3) is 5.91 Å². The normalized spacial score (nSPS) is 10.1. The van der Waals surface area contributed by atoms with Crippen molar-refractivity contribution in [2.75, 3.05) is 0 Å². The third-order valence-electron chi connectivity index (χ3n) is 2.59. The van der Waals surface area contributed by atoms with Crippen LogP contribution in [0.5, 0.6) is 0 Å². The first-order valence-corrected chi connectivity index (χ1v) is 5.76. The highest BCUT2D eigenvalue weighted by atomic mass is 16.1. The van der Waals surface area contributed by atoms with Crippen LogP contribution in [0.2, 0.25) is 0 Å². The number of pyridine rings is 1. The lowest BCUT2D eigenvalue weighted by atomic mass is 10.2. The smallest absolute Gasteiger partial charge is 0.251 e. The van der Waals surface area contributed by atoms with Gasteiger partial charge in [-0.05, 0) is 23.8 Å². The molecule has 3 N–H and O–H groups in total. The van der Waals surface area contributed by atoms with Crippen LogP contribution >= 0.6 is 0 Å². The molecule has 1 heterocycles. The van der Waals surface area contributed by atoms with Crippen LogP contribution < -0.4 is 11.1 Å². The number of nitrogens with two attached hydrogens (primary N) is 1. The van der Waals surface area contributed by atoms with Gasteiger partial charge in [-0.25, -0.2) is 0 Å². The van der Waals surface area contributed by atoms with E-state index in [1.54, 1.807) is 18.3 Å². The molecule has 0 unspecified atom stereocenters. The van der Waals surface area contributed by atoms with E-state index >= 15 is 0 Å². The molecule has 18 heavy (non-hydrogen) atoms. The molecule has 4 heteroatoms. The standard InChI is InChI=1S/C14H15N3O/c15-8-11-6-7-13(16-9-11)10-17-14(18)12-4-2-1-3-5-12/h1-7,9H,8,10,15H2,(H,17,18). The maximum absolute atomic E-state index is 11.8. The second-order valence-electron chi connectivity index (χ2n) is 3.91. The van der Waals surface area contributed by atoms with Crippen molar-refractivity contribution in [2.24, 2.45) is 5.73 Å². The topological polar surface area (TPSA) is 68.0 Å². The van der Waals surface area contributed by atoms with Gasteiger partial charge in [-0.3, -0.25) is 9.78 Å². The number of aromatic nitrogens is 1. The number of nitrogens with one attached hydrogen (secondary N) is 1. The number of nitrogens with zero attached hydrogens (tertiary/aromatic N) is 1. The molecule has 4 nitrogen and oxygen atoms in total. The van der Waals surface area contributed by atoms with E-state index in [-0.39, 0.29) is 5.91 Å². The van der Waals surface area contributed by atoms with Crippen LogP contribution in [0.15, 0.2) is 48.7 Å². The molecule has 0 fully saturated rings. The van der Waals surface area contributed by atoms with Gasteiger partial charge in [-0.2, -0.15) is 0 Å². The Balaban J connectivity index is 1.93. The van der Waals surface area contributed by atoms with Crippen molar-refractivity contribution in [3.05, 3.63) is 65.5 Å². The summed E-state index contributed by atoms with van der Waals surface area (Å²) in [6.07, 6.45) is 1.73. The molecular weight excluding hydrogens is 226 g/mol. The Morgan fingerprint density at radius 2 is 1.94 bits per heavy atom. The number of carbonyl (C=O) groups excluding carboxylic acids is 1. The largest absolute Gasteiger partial charge is 0.346 e. The Labute approximate surface area is 106 Å². The molecule has 2 rings (SSSR count). The first-order chi connectivity index (χ1) is 8.79. The molecule has 92 valence electrons. The summed E-state index contributed by atoms with van der Waals surface area (Å²) in [6.45, 7) is 0.891. The zero-order valence-electron chi connectivity index (χ0n) is 9.97. The van der Waals surface area contributed by atoms with E-state index in [9.17, 15) is 4.79 Å². The number of benzene rings is 1. The molecule has 0 spiro atoms. The maximum atomic E-state index is 11.8. The molecule has 2 aromatic rings. The van der Waals surface area contributed by atoms with Gasteiger partial charge < -0.3 is 11.1 Å². The minimum absolute atomic E-state index is 0.0969. The summed E-state index contributed by atoms with van der Waals surface area (Å²) in [5.74, 6) is -0.0969. The number of hydrogen-bond acceptors (Lipinski definition) is 3. The van der Waals surface area contributed by atoms with Gasteiger partial charge in [0, 0.05) is 18.3 Å². The van der Waals surface area contributed by atoms with Crippen molar-refractivity contribution in [3.8, 4) is 0 Å². The maximum Gasteiger partial charge on any atom is 0.251 e. The highest BCUT2D eigenvalue weighted by Crippen LogP contribution is 2.01. The highest BCUT2D eigenvalue weighted by Gasteiger charge is 2.04. The van der Waals surface area contributed by atoms with E-state index in [1.807, 2.05) is 30.3 Å². The average Bonchev–Trinajstić information content (AvgIpc) is 2.46. The molecule has 0 aliphatic carbocycles. The van der Waals surface area contributed by atoms with Crippen molar-refractivity contribution in [3.63, 3.8) is 0 Å². The van der Waals surface area contributed by atoms with Gasteiger partial charge in [0.2, 0.25) is 0 Å². The molecule has 0 saturated carbocycles. The van der Waals surface area contributed by atoms with E-state index in [2.05, 4.69) is 10.3 Å². The lowest BCUT2D eigenvalue weighted by molar-refractivity contribution is 0.0950. The van der Waals surface area contributed by atoms with Crippen LogP contribution in [0.1, 0.15) is 21.6 Å². The number of rotatable bonds is 4. The van der Waals surface area contributed by atoms with Gasteiger partial charge in [0.05, 0.1) is 12.2 Å². The first kappa shape index (κ1) is 12.3. The van der Waals surface area contributed by atoms with Gasteiger partial charge in [-0.1, -0.05) is 24.3 Å². The molecule has 1 aromatic heterocycles. The minimum Gasteiger partial charge on any atom is -0.346 e. The van der Waals surface area contributed by atoms with Crippen LogP contribution in [0.3, 0.4) is 0 Å². The summed E-state index contributed by atoms with van der Waals surface area (Å²) in [4.78, 5) is 16.0. The number of amides is 1. The van der Waals surface area contributed by atoms with Gasteiger partial charge in [-0.15, -0.1) is 0 Å². The van der Waals surface area contributed by atoms with Crippen LogP contribution in [-0.4, -0.2) is 10.9 Å². The Bertz CT molecular complexity index is 508. The van der Waals surface area contributed by atoms with Crippen molar-refractivity contribution in [1.82, 2.24) is 10.3 Å². The molecule has 0 radical (unpaired) electrons. The second kappa shape index (κ2) is 5.93. The summed E-state index contributed by atoms with van der Waals surface area (Å²) in [5.41, 5.74) is 7.93. The summed E-state index contributed by atoms with van der Waals surface area (Å²) < 4.78 is 0. The van der Waals surface area contributed by atoms with Crippen LogP contribution in [-0.2, 0) is 13.1 Å². The monoisotopic (exact) mass is 241 g/mol. The first-order valence-electron chi connectivity index (χ1n) is 5.76. The van der Waals surface area contributed by atoms with Crippen LogP contribution in [0, 0.1) is 0 Å². The zero-order chi connectivity index (χ0) is 12.8. The quantitative estimate of drug-likeness (QED) is 0.851. The number of hydrogen-bond donors (Lipinski definition) is 2. The third kappa shape index (κ3) is 3.15. The van der Waals surface area contributed by atoms with Gasteiger partial charge >= 0.3 is 0 Å². The fraction of sp³-hybridized carbons (Fsp3) is 0.143. The molecule has 0 aliphatic rings. The number of carbonyl (C=O) groups is 1. The average molecular weight is 241 g/mol. The fourth-order valence-corrected chi connectivity index (χ4v) is 1.54. The Morgan fingerprint density at radius 1 is 1.17 bits per heavy atom. The predicted octanol–water partition coefficient (Wildman–Crippen LogP) is 1.47. The lowest BCUT2D eigenvalue weighted by Crippen LogP contribution is -2.23. The van der Waals surface area contributed by atoms with Crippen LogP contribution in [0.4, 0.5) is 0 Å². The zero-order valence-corrected chi connectivity index (χ0v) is 9.97. The molecule has 1 amide bonds. The molecule has 1 aromatic carbocycles. The minimum atomic E-state index is -0.0969. The summed E-state index contributed by atoms with van der Waals surface area (Å²) in [7, 11) is 0.